The summed E-state index contributed by atoms with van der Waals surface area (Å²) in [5.74, 6) is 1.09. The van der Waals surface area contributed by atoms with E-state index in [1.54, 1.807) is 0 Å². The number of hydrogen-bond acceptors (Lipinski definition) is 2. The molecule has 3 heteroatoms. The van der Waals surface area contributed by atoms with Crippen LogP contribution in [0.15, 0.2) is 42.5 Å². The van der Waals surface area contributed by atoms with Gasteiger partial charge in [0.15, 0.2) is 6.61 Å². The minimum absolute atomic E-state index is 0.0358. The summed E-state index contributed by atoms with van der Waals surface area (Å²) in [6.07, 6.45) is 5.76. The lowest BCUT2D eigenvalue weighted by Gasteiger charge is -2.22. The van der Waals surface area contributed by atoms with Crippen LogP contribution >= 0.6 is 0 Å². The Bertz CT molecular complexity index is 782. The van der Waals surface area contributed by atoms with Crippen molar-refractivity contribution < 1.29 is 9.53 Å². The molecule has 0 saturated carbocycles. The Morgan fingerprint density at radius 3 is 2.56 bits per heavy atom. The number of ether oxygens (including phenoxy) is 1. The van der Waals surface area contributed by atoms with Gasteiger partial charge in [-0.05, 0) is 66.3 Å². The summed E-state index contributed by atoms with van der Waals surface area (Å²) in [5, 5.41) is 3.14. The number of fused-ring (bicyclic) bond motifs is 1. The Morgan fingerprint density at radius 2 is 1.81 bits per heavy atom. The van der Waals surface area contributed by atoms with Crippen LogP contribution in [-0.4, -0.2) is 12.5 Å². The molecular formula is C24H31NO2. The monoisotopic (exact) mass is 365 g/mol. The second kappa shape index (κ2) is 9.07. The summed E-state index contributed by atoms with van der Waals surface area (Å²) in [7, 11) is 0. The van der Waals surface area contributed by atoms with Crippen molar-refractivity contribution in [2.75, 3.05) is 6.61 Å². The molecule has 1 aliphatic rings. The Kier molecular flexibility index (Phi) is 6.54. The Labute approximate surface area is 163 Å². The topological polar surface area (TPSA) is 38.3 Å². The van der Waals surface area contributed by atoms with Gasteiger partial charge in [-0.2, -0.15) is 0 Å². The number of rotatable bonds is 7. The first-order valence-corrected chi connectivity index (χ1v) is 10.2. The fourth-order valence-corrected chi connectivity index (χ4v) is 3.86. The van der Waals surface area contributed by atoms with Crippen LogP contribution in [-0.2, 0) is 17.6 Å². The molecule has 0 fully saturated rings. The minimum atomic E-state index is -0.0712. The summed E-state index contributed by atoms with van der Waals surface area (Å²) < 4.78 is 5.82. The molecular weight excluding hydrogens is 334 g/mol. The molecule has 144 valence electrons. The van der Waals surface area contributed by atoms with Gasteiger partial charge in [0.1, 0.15) is 5.75 Å². The van der Waals surface area contributed by atoms with E-state index < -0.39 is 0 Å². The molecule has 1 amide bonds. The summed E-state index contributed by atoms with van der Waals surface area (Å²) in [6, 6.07) is 14.7. The summed E-state index contributed by atoms with van der Waals surface area (Å²) in [6.45, 7) is 6.42. The molecule has 0 bridgehead atoms. The summed E-state index contributed by atoms with van der Waals surface area (Å²) in [4.78, 5) is 12.5. The van der Waals surface area contributed by atoms with E-state index in [1.807, 2.05) is 18.2 Å². The highest BCUT2D eigenvalue weighted by molar-refractivity contribution is 5.78. The molecule has 0 saturated heterocycles. The normalized spacial score (nSPS) is 14.5. The van der Waals surface area contributed by atoms with Crippen LogP contribution in [0, 0.1) is 0 Å². The molecule has 0 heterocycles. The van der Waals surface area contributed by atoms with E-state index in [1.165, 1.54) is 36.0 Å². The van der Waals surface area contributed by atoms with Crippen LogP contribution in [0.2, 0.25) is 0 Å². The van der Waals surface area contributed by atoms with E-state index in [0.29, 0.717) is 5.92 Å². The molecule has 0 spiro atoms. The minimum Gasteiger partial charge on any atom is -0.483 e. The molecule has 0 aromatic heterocycles. The maximum absolute atomic E-state index is 12.5. The molecule has 1 atom stereocenters. The average molecular weight is 366 g/mol. The molecule has 3 nitrogen and oxygen atoms in total. The third-order valence-electron chi connectivity index (χ3n) is 5.42. The number of nitrogens with one attached hydrogen (secondary N) is 1. The largest absolute Gasteiger partial charge is 0.483 e. The van der Waals surface area contributed by atoms with Crippen LogP contribution in [0.3, 0.4) is 0 Å². The lowest BCUT2D eigenvalue weighted by Crippen LogP contribution is -2.32. The molecule has 3 rings (SSSR count). The second-order valence-electron chi connectivity index (χ2n) is 7.74. The van der Waals surface area contributed by atoms with Crippen molar-refractivity contribution in [1.82, 2.24) is 5.32 Å². The van der Waals surface area contributed by atoms with E-state index in [-0.39, 0.29) is 18.6 Å². The van der Waals surface area contributed by atoms with E-state index >= 15 is 0 Å². The zero-order chi connectivity index (χ0) is 19.2. The van der Waals surface area contributed by atoms with Gasteiger partial charge in [0.25, 0.3) is 5.91 Å². The zero-order valence-electron chi connectivity index (χ0n) is 16.8. The second-order valence-corrected chi connectivity index (χ2v) is 7.74. The Hall–Kier alpha value is -2.29. The summed E-state index contributed by atoms with van der Waals surface area (Å²) >= 11 is 0. The Balaban J connectivity index is 1.62. The van der Waals surface area contributed by atoms with Crippen LogP contribution in [0.1, 0.15) is 74.2 Å². The van der Waals surface area contributed by atoms with Crippen molar-refractivity contribution in [2.24, 2.45) is 0 Å². The van der Waals surface area contributed by atoms with Gasteiger partial charge in [-0.15, -0.1) is 0 Å². The van der Waals surface area contributed by atoms with Gasteiger partial charge < -0.3 is 10.1 Å². The predicted octanol–water partition coefficient (Wildman–Crippen LogP) is 5.34. The van der Waals surface area contributed by atoms with Crippen molar-refractivity contribution in [3.63, 3.8) is 0 Å². The van der Waals surface area contributed by atoms with Gasteiger partial charge in [0, 0.05) is 0 Å². The molecule has 27 heavy (non-hydrogen) atoms. The van der Waals surface area contributed by atoms with E-state index in [0.717, 1.165) is 24.2 Å². The lowest BCUT2D eigenvalue weighted by molar-refractivity contribution is -0.123. The maximum atomic E-state index is 12.5. The third-order valence-corrected chi connectivity index (χ3v) is 5.42. The van der Waals surface area contributed by atoms with Crippen molar-refractivity contribution in [1.29, 1.82) is 0 Å². The molecule has 0 radical (unpaired) electrons. The van der Waals surface area contributed by atoms with Crippen LogP contribution < -0.4 is 10.1 Å². The average Bonchev–Trinajstić information content (AvgIpc) is 2.70. The molecule has 0 unspecified atom stereocenters. The van der Waals surface area contributed by atoms with E-state index in [9.17, 15) is 4.79 Å². The SMILES string of the molecule is CC[C@@H](NC(=O)COc1ccccc1C(C)C)c1ccc2c(c1)CCCC2. The standard InChI is InChI=1S/C24H31NO2/c1-4-22(20-14-13-18-9-5-6-10-19(18)15-20)25-24(26)16-27-23-12-8-7-11-21(23)17(2)3/h7-8,11-15,17,22H,4-6,9-10,16H2,1-3H3,(H,25,26)/t22-/m1/s1. The number of carbonyl (C=O) groups excluding carboxylic acids is 1. The number of para-hydroxylation sites is 1. The number of aryl methyl sites for hydroxylation is 2. The molecule has 0 aliphatic heterocycles. The van der Waals surface area contributed by atoms with E-state index in [4.69, 9.17) is 4.74 Å². The number of carbonyl (C=O) groups is 1. The van der Waals surface area contributed by atoms with Gasteiger partial charge in [0.05, 0.1) is 6.04 Å². The first-order chi connectivity index (χ1) is 13.1. The van der Waals surface area contributed by atoms with Gasteiger partial charge in [0.2, 0.25) is 0 Å². The smallest absolute Gasteiger partial charge is 0.258 e. The molecule has 1 N–H and O–H groups in total. The highest BCUT2D eigenvalue weighted by atomic mass is 16.5. The van der Waals surface area contributed by atoms with E-state index in [2.05, 4.69) is 50.4 Å². The molecule has 1 aliphatic carbocycles. The number of hydrogen-bond donors (Lipinski definition) is 1. The van der Waals surface area contributed by atoms with Crippen LogP contribution in [0.25, 0.3) is 0 Å². The quantitative estimate of drug-likeness (QED) is 0.720. The fraction of sp³-hybridized carbons (Fsp3) is 0.458. The van der Waals surface area contributed by atoms with Crippen LogP contribution in [0.4, 0.5) is 0 Å². The highest BCUT2D eigenvalue weighted by Gasteiger charge is 2.17. The maximum Gasteiger partial charge on any atom is 0.258 e. The molecule has 2 aromatic carbocycles. The number of amides is 1. The highest BCUT2D eigenvalue weighted by Crippen LogP contribution is 2.27. The molecule has 2 aromatic rings. The third kappa shape index (κ3) is 4.91. The lowest BCUT2D eigenvalue weighted by atomic mass is 9.89. The fourth-order valence-electron chi connectivity index (χ4n) is 3.86. The van der Waals surface area contributed by atoms with Crippen molar-refractivity contribution in [3.05, 3.63) is 64.7 Å². The van der Waals surface area contributed by atoms with Crippen molar-refractivity contribution in [2.45, 2.75) is 64.8 Å². The Morgan fingerprint density at radius 1 is 1.07 bits per heavy atom. The first kappa shape index (κ1) is 19.5. The van der Waals surface area contributed by atoms with Crippen molar-refractivity contribution >= 4 is 5.91 Å². The van der Waals surface area contributed by atoms with Crippen LogP contribution in [0.5, 0.6) is 5.75 Å². The van der Waals surface area contributed by atoms with Crippen molar-refractivity contribution in [3.8, 4) is 5.75 Å². The first-order valence-electron chi connectivity index (χ1n) is 10.2. The van der Waals surface area contributed by atoms with Gasteiger partial charge in [-0.1, -0.05) is 57.2 Å². The zero-order valence-corrected chi connectivity index (χ0v) is 16.8. The predicted molar refractivity (Wildman–Crippen MR) is 110 cm³/mol. The van der Waals surface area contributed by atoms with Gasteiger partial charge in [-0.25, -0.2) is 0 Å². The number of benzene rings is 2. The van der Waals surface area contributed by atoms with Gasteiger partial charge in [-0.3, -0.25) is 4.79 Å². The van der Waals surface area contributed by atoms with Gasteiger partial charge >= 0.3 is 0 Å². The summed E-state index contributed by atoms with van der Waals surface area (Å²) in [5.41, 5.74) is 5.26.